The Labute approximate surface area is 97.7 Å². The fraction of sp³-hybridized carbons (Fsp3) is 0.444. The molecule has 0 aliphatic carbocycles. The second-order valence-electron chi connectivity index (χ2n) is 3.66. The van der Waals surface area contributed by atoms with Crippen LogP contribution in [0.5, 0.6) is 0 Å². The number of hydrogen-bond acceptors (Lipinski definition) is 6. The molecule has 2 N–H and O–H groups in total. The average Bonchev–Trinajstić information content (AvgIpc) is 2.77. The Kier molecular flexibility index (Phi) is 3.16. The molecule has 2 aromatic rings. The Bertz CT molecular complexity index is 462. The Hall–Kier alpha value is -1.47. The second kappa shape index (κ2) is 4.58. The Morgan fingerprint density at radius 1 is 1.44 bits per heavy atom. The highest BCUT2D eigenvalue weighted by atomic mass is 32.1. The van der Waals surface area contributed by atoms with Crippen molar-refractivity contribution in [2.24, 2.45) is 7.05 Å². The molecule has 86 valence electrons. The molecule has 7 heteroatoms. The zero-order valence-corrected chi connectivity index (χ0v) is 10.1. The van der Waals surface area contributed by atoms with Gasteiger partial charge in [0, 0.05) is 19.4 Å². The zero-order valence-electron chi connectivity index (χ0n) is 9.29. The summed E-state index contributed by atoms with van der Waals surface area (Å²) in [5.74, 6) is 1.03. The van der Waals surface area contributed by atoms with Crippen molar-refractivity contribution in [3.63, 3.8) is 0 Å². The molecule has 2 rings (SSSR count). The summed E-state index contributed by atoms with van der Waals surface area (Å²) in [6.07, 6.45) is 3.73. The SMILES string of the molecule is CN(Cc1nnc(N)s1)Cc1nccn1C. The van der Waals surface area contributed by atoms with Crippen LogP contribution in [-0.4, -0.2) is 31.7 Å². The molecule has 6 nitrogen and oxygen atoms in total. The van der Waals surface area contributed by atoms with E-state index < -0.39 is 0 Å². The number of aromatic nitrogens is 4. The van der Waals surface area contributed by atoms with Gasteiger partial charge in [0.15, 0.2) is 0 Å². The van der Waals surface area contributed by atoms with Gasteiger partial charge in [-0.05, 0) is 7.05 Å². The van der Waals surface area contributed by atoms with Crippen LogP contribution in [-0.2, 0) is 20.1 Å². The maximum Gasteiger partial charge on any atom is 0.203 e. The lowest BCUT2D eigenvalue weighted by Gasteiger charge is -2.13. The number of nitrogen functional groups attached to an aromatic ring is 1. The van der Waals surface area contributed by atoms with Crippen molar-refractivity contribution in [3.8, 4) is 0 Å². The van der Waals surface area contributed by atoms with Crippen molar-refractivity contribution in [1.29, 1.82) is 0 Å². The molecule has 0 atom stereocenters. The number of nitrogens with zero attached hydrogens (tertiary/aromatic N) is 5. The smallest absolute Gasteiger partial charge is 0.203 e. The van der Waals surface area contributed by atoms with E-state index >= 15 is 0 Å². The van der Waals surface area contributed by atoms with Gasteiger partial charge < -0.3 is 10.3 Å². The van der Waals surface area contributed by atoms with Gasteiger partial charge in [0.2, 0.25) is 5.13 Å². The quantitative estimate of drug-likeness (QED) is 0.839. The third kappa shape index (κ3) is 2.56. The molecule has 0 aliphatic rings. The highest BCUT2D eigenvalue weighted by Gasteiger charge is 2.08. The molecule has 0 amide bonds. The van der Waals surface area contributed by atoms with Crippen LogP contribution < -0.4 is 5.73 Å². The van der Waals surface area contributed by atoms with Crippen LogP contribution in [0, 0.1) is 0 Å². The van der Waals surface area contributed by atoms with Crippen molar-refractivity contribution >= 4 is 16.5 Å². The summed E-state index contributed by atoms with van der Waals surface area (Å²) in [6, 6.07) is 0. The van der Waals surface area contributed by atoms with Crippen molar-refractivity contribution in [2.45, 2.75) is 13.1 Å². The van der Waals surface area contributed by atoms with Crippen molar-refractivity contribution < 1.29 is 0 Å². The van der Waals surface area contributed by atoms with Crippen LogP contribution in [0.1, 0.15) is 10.8 Å². The van der Waals surface area contributed by atoms with E-state index in [9.17, 15) is 0 Å². The number of anilines is 1. The molecule has 0 spiro atoms. The summed E-state index contributed by atoms with van der Waals surface area (Å²) in [5, 5.41) is 9.20. The fourth-order valence-electron chi connectivity index (χ4n) is 1.41. The lowest BCUT2D eigenvalue weighted by Crippen LogP contribution is -2.19. The molecule has 0 bridgehead atoms. The third-order valence-corrected chi connectivity index (χ3v) is 2.96. The van der Waals surface area contributed by atoms with Crippen LogP contribution in [0.4, 0.5) is 5.13 Å². The molecular weight excluding hydrogens is 224 g/mol. The molecule has 0 saturated heterocycles. The summed E-state index contributed by atoms with van der Waals surface area (Å²) in [5.41, 5.74) is 5.52. The molecule has 2 aromatic heterocycles. The lowest BCUT2D eigenvalue weighted by atomic mass is 10.5. The van der Waals surface area contributed by atoms with Gasteiger partial charge in [-0.1, -0.05) is 11.3 Å². The Morgan fingerprint density at radius 3 is 2.81 bits per heavy atom. The molecule has 0 unspecified atom stereocenters. The summed E-state index contributed by atoms with van der Waals surface area (Å²) in [6.45, 7) is 1.52. The molecule has 2 heterocycles. The molecule has 0 aliphatic heterocycles. The second-order valence-corrected chi connectivity index (χ2v) is 4.75. The van der Waals surface area contributed by atoms with E-state index in [2.05, 4.69) is 20.1 Å². The van der Waals surface area contributed by atoms with Crippen LogP contribution in [0.15, 0.2) is 12.4 Å². The fourth-order valence-corrected chi connectivity index (χ4v) is 2.10. The molecule has 0 fully saturated rings. The van der Waals surface area contributed by atoms with E-state index in [1.165, 1.54) is 11.3 Å². The standard InChI is InChI=1S/C9H14N6S/c1-14(5-7-11-3-4-15(7)2)6-8-12-13-9(10)16-8/h3-4H,5-6H2,1-2H3,(H2,10,13). The predicted molar refractivity (Wildman–Crippen MR) is 62.7 cm³/mol. The largest absolute Gasteiger partial charge is 0.374 e. The van der Waals surface area contributed by atoms with Crippen LogP contribution in [0.25, 0.3) is 0 Å². The van der Waals surface area contributed by atoms with Crippen LogP contribution in [0.3, 0.4) is 0 Å². The number of hydrogen-bond donors (Lipinski definition) is 1. The summed E-state index contributed by atoms with van der Waals surface area (Å²) < 4.78 is 2.00. The lowest BCUT2D eigenvalue weighted by molar-refractivity contribution is 0.306. The van der Waals surface area contributed by atoms with Gasteiger partial charge >= 0.3 is 0 Å². The molecule has 0 radical (unpaired) electrons. The van der Waals surface area contributed by atoms with Gasteiger partial charge in [0.25, 0.3) is 0 Å². The van der Waals surface area contributed by atoms with E-state index in [1.54, 1.807) is 6.20 Å². The topological polar surface area (TPSA) is 72.9 Å². The first-order valence-electron chi connectivity index (χ1n) is 4.88. The Balaban J connectivity index is 1.94. The van der Waals surface area contributed by atoms with Gasteiger partial charge in [0.05, 0.1) is 13.1 Å². The van der Waals surface area contributed by atoms with E-state index in [1.807, 2.05) is 24.9 Å². The third-order valence-electron chi connectivity index (χ3n) is 2.22. The minimum Gasteiger partial charge on any atom is -0.374 e. The number of nitrogens with two attached hydrogens (primary N) is 1. The summed E-state index contributed by atoms with van der Waals surface area (Å²) in [7, 11) is 4.01. The zero-order chi connectivity index (χ0) is 11.5. The minimum absolute atomic E-state index is 0.514. The monoisotopic (exact) mass is 238 g/mol. The normalized spacial score (nSPS) is 11.2. The summed E-state index contributed by atoms with van der Waals surface area (Å²) in [4.78, 5) is 6.39. The van der Waals surface area contributed by atoms with Gasteiger partial charge in [-0.25, -0.2) is 4.98 Å². The van der Waals surface area contributed by atoms with Gasteiger partial charge in [0.1, 0.15) is 10.8 Å². The van der Waals surface area contributed by atoms with Gasteiger partial charge in [-0.3, -0.25) is 4.90 Å². The van der Waals surface area contributed by atoms with Crippen molar-refractivity contribution in [1.82, 2.24) is 24.6 Å². The van der Waals surface area contributed by atoms with Gasteiger partial charge in [-0.15, -0.1) is 10.2 Å². The molecule has 0 saturated carbocycles. The van der Waals surface area contributed by atoms with E-state index in [0.29, 0.717) is 5.13 Å². The highest BCUT2D eigenvalue weighted by molar-refractivity contribution is 7.15. The minimum atomic E-state index is 0.514. The highest BCUT2D eigenvalue weighted by Crippen LogP contribution is 2.13. The first-order chi connectivity index (χ1) is 7.65. The van der Waals surface area contributed by atoms with Crippen LogP contribution in [0.2, 0.25) is 0 Å². The van der Waals surface area contributed by atoms with E-state index in [-0.39, 0.29) is 0 Å². The van der Waals surface area contributed by atoms with E-state index in [4.69, 9.17) is 5.73 Å². The maximum absolute atomic E-state index is 5.52. The van der Waals surface area contributed by atoms with Gasteiger partial charge in [-0.2, -0.15) is 0 Å². The van der Waals surface area contributed by atoms with E-state index in [0.717, 1.165) is 23.9 Å². The molecule has 16 heavy (non-hydrogen) atoms. The predicted octanol–water partition coefficient (Wildman–Crippen LogP) is 0.486. The van der Waals surface area contributed by atoms with Crippen molar-refractivity contribution in [3.05, 3.63) is 23.2 Å². The number of rotatable bonds is 4. The Morgan fingerprint density at radius 2 is 2.25 bits per heavy atom. The first kappa shape index (κ1) is 11.0. The average molecular weight is 238 g/mol. The van der Waals surface area contributed by atoms with Crippen LogP contribution >= 0.6 is 11.3 Å². The summed E-state index contributed by atoms with van der Waals surface area (Å²) >= 11 is 1.42. The molecule has 0 aromatic carbocycles. The molecular formula is C9H14N6S. The maximum atomic E-state index is 5.52. The first-order valence-corrected chi connectivity index (χ1v) is 5.69. The number of aryl methyl sites for hydroxylation is 1. The van der Waals surface area contributed by atoms with Crippen molar-refractivity contribution in [2.75, 3.05) is 12.8 Å². The number of imidazole rings is 1.